The summed E-state index contributed by atoms with van der Waals surface area (Å²) in [5.41, 5.74) is 0.834. The van der Waals surface area contributed by atoms with Gasteiger partial charge in [-0.2, -0.15) is 0 Å². The maximum absolute atomic E-state index is 13.0. The molecule has 9 heteroatoms. The van der Waals surface area contributed by atoms with Crippen LogP contribution in [0.15, 0.2) is 47.4 Å². The van der Waals surface area contributed by atoms with Crippen molar-refractivity contribution in [3.05, 3.63) is 48.0 Å². The van der Waals surface area contributed by atoms with E-state index in [2.05, 4.69) is 10.0 Å². The first-order chi connectivity index (χ1) is 13.3. The zero-order valence-electron chi connectivity index (χ0n) is 16.2. The maximum atomic E-state index is 13.0. The number of ether oxygens (including phenoxy) is 3. The van der Waals surface area contributed by atoms with Crippen LogP contribution in [0.3, 0.4) is 0 Å². The first kappa shape index (κ1) is 21.5. The number of carbonyl (C=O) groups is 1. The van der Waals surface area contributed by atoms with Gasteiger partial charge < -0.3 is 19.5 Å². The van der Waals surface area contributed by atoms with Crippen molar-refractivity contribution < 1.29 is 27.4 Å². The minimum absolute atomic E-state index is 0.0748. The van der Waals surface area contributed by atoms with E-state index in [-0.39, 0.29) is 16.5 Å². The molecule has 2 rings (SSSR count). The predicted octanol–water partition coefficient (Wildman–Crippen LogP) is 2.73. The third kappa shape index (κ3) is 5.37. The third-order valence-electron chi connectivity index (χ3n) is 3.85. The summed E-state index contributed by atoms with van der Waals surface area (Å²) in [4.78, 5) is 11.8. The Kier molecular flexibility index (Phi) is 7.24. The molecule has 0 spiro atoms. The van der Waals surface area contributed by atoms with E-state index in [1.165, 1.54) is 32.4 Å². The van der Waals surface area contributed by atoms with Crippen molar-refractivity contribution >= 4 is 27.4 Å². The van der Waals surface area contributed by atoms with Crippen molar-refractivity contribution in [3.63, 3.8) is 0 Å². The average molecular weight is 408 g/mol. The molecule has 1 atom stereocenters. The summed E-state index contributed by atoms with van der Waals surface area (Å²) in [7, 11) is 0.326. The molecule has 0 fully saturated rings. The molecule has 0 saturated heterocycles. The summed E-state index contributed by atoms with van der Waals surface area (Å²) in [6, 6.07) is 10.6. The average Bonchev–Trinajstić information content (AvgIpc) is 2.68. The Balaban J connectivity index is 2.42. The highest BCUT2D eigenvalue weighted by molar-refractivity contribution is 7.92. The number of hydrogen-bond donors (Lipinski definition) is 2. The smallest absolute Gasteiger partial charge is 0.337 e. The molecule has 152 valence electrons. The van der Waals surface area contributed by atoms with Crippen molar-refractivity contribution in [1.82, 2.24) is 0 Å². The Morgan fingerprint density at radius 2 is 1.75 bits per heavy atom. The minimum atomic E-state index is -3.99. The van der Waals surface area contributed by atoms with Gasteiger partial charge in [0.1, 0.15) is 10.6 Å². The SMILES string of the molecule is COCC(C)Nc1ccc(C(=O)OC)cc1S(=O)(=O)Nc1ccc(OC)cc1. The van der Waals surface area contributed by atoms with Gasteiger partial charge >= 0.3 is 5.97 Å². The molecule has 0 radical (unpaired) electrons. The van der Waals surface area contributed by atoms with Crippen LogP contribution in [0.2, 0.25) is 0 Å². The number of methoxy groups -OCH3 is 3. The second-order valence-electron chi connectivity index (χ2n) is 6.04. The first-order valence-electron chi connectivity index (χ1n) is 8.45. The van der Waals surface area contributed by atoms with Gasteiger partial charge in [-0.1, -0.05) is 0 Å². The molecule has 1 unspecified atom stereocenters. The number of hydrogen-bond acceptors (Lipinski definition) is 7. The lowest BCUT2D eigenvalue weighted by atomic mass is 10.2. The van der Waals surface area contributed by atoms with Crippen molar-refractivity contribution in [2.45, 2.75) is 17.9 Å². The van der Waals surface area contributed by atoms with Gasteiger partial charge in [-0.25, -0.2) is 13.2 Å². The van der Waals surface area contributed by atoms with Gasteiger partial charge in [-0.05, 0) is 49.4 Å². The summed E-state index contributed by atoms with van der Waals surface area (Å²) in [5, 5.41) is 3.09. The van der Waals surface area contributed by atoms with Crippen LogP contribution in [0.25, 0.3) is 0 Å². The number of sulfonamides is 1. The van der Waals surface area contributed by atoms with Crippen LogP contribution in [0, 0.1) is 0 Å². The van der Waals surface area contributed by atoms with Gasteiger partial charge in [0.15, 0.2) is 0 Å². The summed E-state index contributed by atoms with van der Waals surface area (Å²) >= 11 is 0. The van der Waals surface area contributed by atoms with Crippen LogP contribution in [-0.4, -0.2) is 48.4 Å². The molecule has 0 bridgehead atoms. The largest absolute Gasteiger partial charge is 0.497 e. The van der Waals surface area contributed by atoms with Crippen LogP contribution >= 0.6 is 0 Å². The van der Waals surface area contributed by atoms with Crippen LogP contribution in [0.1, 0.15) is 17.3 Å². The summed E-state index contributed by atoms with van der Waals surface area (Å²) in [6.07, 6.45) is 0. The van der Waals surface area contributed by atoms with Gasteiger partial charge in [-0.3, -0.25) is 4.72 Å². The van der Waals surface area contributed by atoms with Crippen molar-refractivity contribution in [3.8, 4) is 5.75 Å². The van der Waals surface area contributed by atoms with Gasteiger partial charge in [0.2, 0.25) is 0 Å². The van der Waals surface area contributed by atoms with E-state index < -0.39 is 16.0 Å². The van der Waals surface area contributed by atoms with Gasteiger partial charge in [0.25, 0.3) is 10.0 Å². The van der Waals surface area contributed by atoms with E-state index in [0.717, 1.165) is 0 Å². The highest BCUT2D eigenvalue weighted by Gasteiger charge is 2.22. The molecular weight excluding hydrogens is 384 g/mol. The van der Waals surface area contributed by atoms with E-state index in [0.29, 0.717) is 23.7 Å². The predicted molar refractivity (Wildman–Crippen MR) is 107 cm³/mol. The van der Waals surface area contributed by atoms with Crippen molar-refractivity contribution in [2.24, 2.45) is 0 Å². The number of anilines is 2. The second kappa shape index (κ2) is 9.43. The van der Waals surface area contributed by atoms with E-state index in [9.17, 15) is 13.2 Å². The Morgan fingerprint density at radius 3 is 2.32 bits per heavy atom. The van der Waals surface area contributed by atoms with Crippen LogP contribution in [0.4, 0.5) is 11.4 Å². The molecule has 0 aliphatic carbocycles. The number of nitrogens with one attached hydrogen (secondary N) is 2. The molecule has 2 N–H and O–H groups in total. The molecule has 0 saturated carbocycles. The number of esters is 1. The Hall–Kier alpha value is -2.78. The first-order valence-corrected chi connectivity index (χ1v) is 9.93. The Labute approximate surface area is 164 Å². The van der Waals surface area contributed by atoms with Gasteiger partial charge in [0, 0.05) is 18.8 Å². The highest BCUT2D eigenvalue weighted by atomic mass is 32.2. The maximum Gasteiger partial charge on any atom is 0.337 e. The van der Waals surface area contributed by atoms with E-state index in [1.807, 2.05) is 6.92 Å². The molecule has 28 heavy (non-hydrogen) atoms. The summed E-state index contributed by atoms with van der Waals surface area (Å²) < 4.78 is 43.4. The van der Waals surface area contributed by atoms with Gasteiger partial charge in [0.05, 0.1) is 32.1 Å². The van der Waals surface area contributed by atoms with Crippen LogP contribution < -0.4 is 14.8 Å². The Morgan fingerprint density at radius 1 is 1.07 bits per heavy atom. The molecule has 0 amide bonds. The standard InChI is InChI=1S/C19H24N2O6S/c1-13(12-25-2)20-17-10-5-14(19(22)27-4)11-18(17)28(23,24)21-15-6-8-16(26-3)9-7-15/h5-11,13,20-21H,12H2,1-4H3. The number of benzene rings is 2. The number of carbonyl (C=O) groups excluding carboxylic acids is 1. The lowest BCUT2D eigenvalue weighted by Crippen LogP contribution is -2.23. The lowest BCUT2D eigenvalue weighted by Gasteiger charge is -2.19. The van der Waals surface area contributed by atoms with Crippen molar-refractivity contribution in [1.29, 1.82) is 0 Å². The molecular formula is C19H24N2O6S. The molecule has 2 aromatic rings. The minimum Gasteiger partial charge on any atom is -0.497 e. The van der Waals surface area contributed by atoms with Crippen molar-refractivity contribution in [2.75, 3.05) is 38.0 Å². The topological polar surface area (TPSA) is 103 Å². The quantitative estimate of drug-likeness (QED) is 0.615. The van der Waals surface area contributed by atoms with Crippen LogP contribution in [0.5, 0.6) is 5.75 Å². The fourth-order valence-corrected chi connectivity index (χ4v) is 3.79. The molecule has 0 aliphatic rings. The summed E-state index contributed by atoms with van der Waals surface area (Å²) in [6.45, 7) is 2.23. The van der Waals surface area contributed by atoms with Crippen LogP contribution in [-0.2, 0) is 19.5 Å². The number of rotatable bonds is 9. The molecule has 0 aliphatic heterocycles. The fourth-order valence-electron chi connectivity index (χ4n) is 2.54. The normalized spacial score (nSPS) is 12.1. The molecule has 0 heterocycles. The molecule has 0 aromatic heterocycles. The highest BCUT2D eigenvalue weighted by Crippen LogP contribution is 2.27. The fraction of sp³-hybridized carbons (Fsp3) is 0.316. The third-order valence-corrected chi connectivity index (χ3v) is 5.27. The molecule has 8 nitrogen and oxygen atoms in total. The summed E-state index contributed by atoms with van der Waals surface area (Å²) in [5.74, 6) is -0.0243. The van der Waals surface area contributed by atoms with E-state index >= 15 is 0 Å². The van der Waals surface area contributed by atoms with E-state index in [4.69, 9.17) is 14.2 Å². The second-order valence-corrected chi connectivity index (χ2v) is 7.69. The van der Waals surface area contributed by atoms with Gasteiger partial charge in [-0.15, -0.1) is 0 Å². The zero-order valence-corrected chi connectivity index (χ0v) is 17.0. The lowest BCUT2D eigenvalue weighted by molar-refractivity contribution is 0.0600. The molecule has 2 aromatic carbocycles. The Bertz CT molecular complexity index is 913. The zero-order chi connectivity index (χ0) is 20.7. The van der Waals surface area contributed by atoms with E-state index in [1.54, 1.807) is 31.4 Å². The monoisotopic (exact) mass is 408 g/mol.